The zero-order valence-corrected chi connectivity index (χ0v) is 23.6. The van der Waals surface area contributed by atoms with E-state index in [1.54, 1.807) is 52.4 Å². The van der Waals surface area contributed by atoms with Crippen LogP contribution in [0.25, 0.3) is 11.2 Å². The highest BCUT2D eigenvalue weighted by atomic mass is 31.2. The highest BCUT2D eigenvalue weighted by Gasteiger charge is 2.39. The summed E-state index contributed by atoms with van der Waals surface area (Å²) < 4.78 is 32.3. The standard InChI is InChI=1S/C23H40N7O6P/c1-8-9-10-34-21(31)17(5)28-37(33,29-23(6,7)22(32)36-15(2)3)14-35-16(4)11-30-13-27-18-19(24)25-12-26-20(18)30/h12-13,15-17H,8-11,14H2,1-7H3,(H2,24,25,26)(H2,28,29,33)/t16-,17+,37?/m0/s1. The van der Waals surface area contributed by atoms with Crippen molar-refractivity contribution < 1.29 is 28.4 Å². The molecule has 3 atom stereocenters. The molecular weight excluding hydrogens is 501 g/mol. The van der Waals surface area contributed by atoms with Crippen LogP contribution in [0, 0.1) is 0 Å². The zero-order valence-electron chi connectivity index (χ0n) is 22.7. The number of fused-ring (bicyclic) bond motifs is 1. The maximum Gasteiger partial charge on any atom is 0.326 e. The van der Waals surface area contributed by atoms with Gasteiger partial charge in [-0.15, -0.1) is 0 Å². The average molecular weight is 542 g/mol. The summed E-state index contributed by atoms with van der Waals surface area (Å²) in [7, 11) is -3.68. The van der Waals surface area contributed by atoms with Crippen LogP contribution in [0.2, 0.25) is 0 Å². The highest BCUT2D eigenvalue weighted by Crippen LogP contribution is 2.40. The molecule has 2 rings (SSSR count). The number of hydrogen-bond acceptors (Lipinski definition) is 10. The molecule has 1 unspecified atom stereocenters. The number of ether oxygens (including phenoxy) is 3. The highest BCUT2D eigenvalue weighted by molar-refractivity contribution is 7.59. The Morgan fingerprint density at radius 1 is 1.19 bits per heavy atom. The van der Waals surface area contributed by atoms with Crippen LogP contribution < -0.4 is 15.9 Å². The molecule has 208 valence electrons. The van der Waals surface area contributed by atoms with E-state index in [2.05, 4.69) is 25.1 Å². The van der Waals surface area contributed by atoms with Gasteiger partial charge in [0.2, 0.25) is 7.44 Å². The summed E-state index contributed by atoms with van der Waals surface area (Å²) in [4.78, 5) is 37.5. The lowest BCUT2D eigenvalue weighted by molar-refractivity contribution is -0.153. The van der Waals surface area contributed by atoms with Gasteiger partial charge in [0.25, 0.3) is 0 Å². The van der Waals surface area contributed by atoms with Gasteiger partial charge in [0.15, 0.2) is 11.5 Å². The molecule has 13 nitrogen and oxygen atoms in total. The van der Waals surface area contributed by atoms with E-state index in [0.717, 1.165) is 12.8 Å². The number of rotatable bonds is 15. The Bertz CT molecular complexity index is 1110. The summed E-state index contributed by atoms with van der Waals surface area (Å²) in [6.07, 6.45) is 3.41. The van der Waals surface area contributed by atoms with Crippen molar-refractivity contribution in [3.05, 3.63) is 12.7 Å². The number of carbonyl (C=O) groups excluding carboxylic acids is 2. The van der Waals surface area contributed by atoms with Crippen molar-refractivity contribution in [2.24, 2.45) is 0 Å². The third-order valence-corrected chi connectivity index (χ3v) is 7.47. The van der Waals surface area contributed by atoms with Crippen molar-refractivity contribution in [3.63, 3.8) is 0 Å². The van der Waals surface area contributed by atoms with Crippen molar-refractivity contribution in [3.8, 4) is 0 Å². The Balaban J connectivity index is 2.15. The van der Waals surface area contributed by atoms with Gasteiger partial charge in [-0.05, 0) is 48.0 Å². The van der Waals surface area contributed by atoms with Gasteiger partial charge in [-0.1, -0.05) is 13.3 Å². The van der Waals surface area contributed by atoms with E-state index in [4.69, 9.17) is 19.9 Å². The molecule has 0 radical (unpaired) electrons. The molecule has 0 aliphatic carbocycles. The molecule has 0 aliphatic heterocycles. The Morgan fingerprint density at radius 3 is 2.54 bits per heavy atom. The lowest BCUT2D eigenvalue weighted by atomic mass is 10.1. The summed E-state index contributed by atoms with van der Waals surface area (Å²) in [6, 6.07) is -0.914. The minimum Gasteiger partial charge on any atom is -0.465 e. The van der Waals surface area contributed by atoms with Crippen molar-refractivity contribution in [1.29, 1.82) is 0 Å². The number of nitrogens with two attached hydrogens (primary N) is 1. The first-order valence-corrected chi connectivity index (χ1v) is 14.2. The van der Waals surface area contributed by atoms with Crippen molar-refractivity contribution in [2.75, 3.05) is 18.7 Å². The van der Waals surface area contributed by atoms with E-state index < -0.39 is 37.1 Å². The van der Waals surface area contributed by atoms with E-state index in [0.29, 0.717) is 17.7 Å². The maximum absolute atomic E-state index is 14.0. The minimum atomic E-state index is -3.68. The van der Waals surface area contributed by atoms with Gasteiger partial charge in [-0.3, -0.25) is 14.2 Å². The van der Waals surface area contributed by atoms with Crippen molar-refractivity contribution in [2.45, 2.75) is 91.6 Å². The summed E-state index contributed by atoms with van der Waals surface area (Å²) in [6.45, 7) is 12.5. The molecule has 0 saturated carbocycles. The zero-order chi connectivity index (χ0) is 27.8. The first-order chi connectivity index (χ1) is 17.3. The Hall–Kier alpha value is -2.60. The van der Waals surface area contributed by atoms with Gasteiger partial charge in [-0.25, -0.2) is 25.1 Å². The van der Waals surface area contributed by atoms with Gasteiger partial charge in [0.05, 0.1) is 31.7 Å². The monoisotopic (exact) mass is 541 g/mol. The van der Waals surface area contributed by atoms with Crippen molar-refractivity contribution >= 4 is 36.4 Å². The number of aromatic nitrogens is 4. The minimum absolute atomic E-state index is 0.269. The fraction of sp³-hybridized carbons (Fsp3) is 0.696. The number of carbonyl (C=O) groups is 2. The molecule has 2 aromatic rings. The summed E-state index contributed by atoms with van der Waals surface area (Å²) >= 11 is 0. The third kappa shape index (κ3) is 9.03. The number of anilines is 1. The van der Waals surface area contributed by atoms with Crippen LogP contribution in [0.3, 0.4) is 0 Å². The van der Waals surface area contributed by atoms with Crippen LogP contribution in [-0.2, 0) is 34.9 Å². The fourth-order valence-corrected chi connectivity index (χ4v) is 5.76. The van der Waals surface area contributed by atoms with Gasteiger partial charge in [0.1, 0.15) is 29.8 Å². The molecule has 0 amide bonds. The average Bonchev–Trinajstić information content (AvgIpc) is 3.21. The molecule has 2 aromatic heterocycles. The molecule has 2 heterocycles. The lowest BCUT2D eigenvalue weighted by Crippen LogP contribution is -2.50. The number of esters is 2. The second-order valence-electron chi connectivity index (χ2n) is 9.74. The van der Waals surface area contributed by atoms with Crippen LogP contribution in [0.4, 0.5) is 5.82 Å². The second-order valence-corrected chi connectivity index (χ2v) is 12.0. The molecule has 0 saturated heterocycles. The Morgan fingerprint density at radius 2 is 1.89 bits per heavy atom. The molecule has 0 aliphatic rings. The van der Waals surface area contributed by atoms with Gasteiger partial charge in [-0.2, -0.15) is 0 Å². The van der Waals surface area contributed by atoms with E-state index in [-0.39, 0.29) is 24.9 Å². The van der Waals surface area contributed by atoms with Gasteiger partial charge >= 0.3 is 11.9 Å². The maximum atomic E-state index is 14.0. The van der Waals surface area contributed by atoms with Crippen LogP contribution >= 0.6 is 7.44 Å². The van der Waals surface area contributed by atoms with Gasteiger partial charge < -0.3 is 24.5 Å². The number of nitrogens with one attached hydrogen (secondary N) is 2. The quantitative estimate of drug-likeness (QED) is 0.171. The van der Waals surface area contributed by atoms with Crippen molar-refractivity contribution in [1.82, 2.24) is 29.7 Å². The largest absolute Gasteiger partial charge is 0.465 e. The van der Waals surface area contributed by atoms with E-state index >= 15 is 0 Å². The summed E-state index contributed by atoms with van der Waals surface area (Å²) in [5.74, 6) is -0.864. The number of imidazole rings is 1. The second kappa shape index (κ2) is 13.3. The number of nitrogen functional groups attached to an aromatic ring is 1. The number of nitrogens with zero attached hydrogens (tertiary/aromatic N) is 4. The summed E-state index contributed by atoms with van der Waals surface area (Å²) in [5.41, 5.74) is 5.54. The predicted molar refractivity (Wildman–Crippen MR) is 140 cm³/mol. The molecule has 0 spiro atoms. The third-order valence-electron chi connectivity index (χ3n) is 5.24. The first kappa shape index (κ1) is 30.6. The van der Waals surface area contributed by atoms with E-state index in [9.17, 15) is 14.2 Å². The van der Waals surface area contributed by atoms with Crippen LogP contribution in [0.1, 0.15) is 61.3 Å². The molecule has 14 heteroatoms. The normalized spacial score (nSPS) is 15.4. The van der Waals surface area contributed by atoms with Crippen LogP contribution in [-0.4, -0.2) is 68.2 Å². The number of hydrogen-bond donors (Lipinski definition) is 3. The van der Waals surface area contributed by atoms with E-state index in [1.807, 2.05) is 6.92 Å². The molecule has 0 bridgehead atoms. The lowest BCUT2D eigenvalue weighted by Gasteiger charge is -2.32. The van der Waals surface area contributed by atoms with Crippen LogP contribution in [0.15, 0.2) is 12.7 Å². The smallest absolute Gasteiger partial charge is 0.326 e. The molecule has 4 N–H and O–H groups in total. The van der Waals surface area contributed by atoms with Crippen LogP contribution in [0.5, 0.6) is 0 Å². The Kier molecular flexibility index (Phi) is 11.0. The molecular formula is C23H40N7O6P. The predicted octanol–water partition coefficient (Wildman–Crippen LogP) is 2.61. The first-order valence-electron chi connectivity index (χ1n) is 12.3. The fourth-order valence-electron chi connectivity index (χ4n) is 3.36. The molecule has 37 heavy (non-hydrogen) atoms. The topological polar surface area (TPSA) is 173 Å². The summed E-state index contributed by atoms with van der Waals surface area (Å²) in [5, 5.41) is 5.68. The Labute approximate surface area is 217 Å². The SMILES string of the molecule is CCCCOC(=O)[C@@H](C)NP(=O)(CO[C@@H](C)Cn1cnc2c(N)ncnc21)NC(C)(C)C(=O)OC(C)C. The molecule has 0 aromatic carbocycles. The van der Waals surface area contributed by atoms with E-state index in [1.165, 1.54) is 6.33 Å². The molecule has 0 fully saturated rings. The van der Waals surface area contributed by atoms with Gasteiger partial charge in [0, 0.05) is 0 Å². The number of unbranched alkanes of at least 4 members (excludes halogenated alkanes) is 1.